The highest BCUT2D eigenvalue weighted by molar-refractivity contribution is 14.1. The molecule has 2 rings (SSSR count). The van der Waals surface area contributed by atoms with Gasteiger partial charge in [-0.1, -0.05) is 28.1 Å². The van der Waals surface area contributed by atoms with Crippen LogP contribution in [0.5, 0.6) is 0 Å². The average Bonchev–Trinajstić information content (AvgIpc) is 2.53. The molecule has 0 unspecified atom stereocenters. The van der Waals surface area contributed by atoms with Crippen molar-refractivity contribution in [3.8, 4) is 0 Å². The first-order chi connectivity index (χ1) is 11.7. The number of rotatable bonds is 6. The van der Waals surface area contributed by atoms with Crippen molar-refractivity contribution in [1.29, 1.82) is 0 Å². The third kappa shape index (κ3) is 5.18. The van der Waals surface area contributed by atoms with E-state index < -0.39 is 22.5 Å². The molecule has 0 bridgehead atoms. The molecule has 0 spiro atoms. The summed E-state index contributed by atoms with van der Waals surface area (Å²) >= 11 is 5.34. The summed E-state index contributed by atoms with van der Waals surface area (Å²) in [5.41, 5.74) is 0.437. The minimum Gasteiger partial charge on any atom is -0.462 e. The van der Waals surface area contributed by atoms with Gasteiger partial charge in [0.15, 0.2) is 0 Å². The molecule has 0 radical (unpaired) electrons. The number of benzene rings is 2. The Labute approximate surface area is 169 Å². The minimum atomic E-state index is -3.92. The number of hydrogen-bond donors (Lipinski definition) is 0. The van der Waals surface area contributed by atoms with Crippen molar-refractivity contribution >= 4 is 60.2 Å². The Morgan fingerprint density at radius 3 is 2.32 bits per heavy atom. The molecule has 0 fully saturated rings. The smallest absolute Gasteiger partial charge is 0.327 e. The molecule has 2 aromatic carbocycles. The molecule has 0 aliphatic rings. The quantitative estimate of drug-likeness (QED) is 0.409. The molecule has 0 aromatic heterocycles. The maximum atomic E-state index is 13.1. The molecular formula is C17H17BrINO4S. The van der Waals surface area contributed by atoms with Gasteiger partial charge in [0, 0.05) is 8.04 Å². The third-order valence-corrected chi connectivity index (χ3v) is 6.38. The highest BCUT2D eigenvalue weighted by Crippen LogP contribution is 2.28. The van der Waals surface area contributed by atoms with Crippen LogP contribution >= 0.6 is 38.5 Å². The molecule has 0 amide bonds. The van der Waals surface area contributed by atoms with Gasteiger partial charge in [0.25, 0.3) is 10.0 Å². The molecule has 8 heteroatoms. The highest BCUT2D eigenvalue weighted by Gasteiger charge is 2.29. The lowest BCUT2D eigenvalue weighted by atomic mass is 10.3. The summed E-state index contributed by atoms with van der Waals surface area (Å²) < 4.78 is 33.9. The fraction of sp³-hybridized carbons (Fsp3) is 0.235. The van der Waals surface area contributed by atoms with Gasteiger partial charge in [-0.2, -0.15) is 0 Å². The predicted octanol–water partition coefficient (Wildman–Crippen LogP) is 4.20. The van der Waals surface area contributed by atoms with Crippen LogP contribution in [-0.4, -0.2) is 27.0 Å². The Bertz CT molecular complexity index is 853. The van der Waals surface area contributed by atoms with E-state index in [1.807, 2.05) is 28.7 Å². The molecular weight excluding hydrogens is 521 g/mol. The fourth-order valence-corrected chi connectivity index (χ4v) is 4.64. The van der Waals surface area contributed by atoms with E-state index in [0.29, 0.717) is 5.69 Å². The zero-order valence-corrected chi connectivity index (χ0v) is 18.2. The number of carbonyl (C=O) groups excluding carboxylic acids is 1. The first-order valence-corrected chi connectivity index (χ1v) is 10.8. The second-order valence-electron chi connectivity index (χ2n) is 5.46. The second-order valence-corrected chi connectivity index (χ2v) is 9.40. The average molecular weight is 538 g/mol. The van der Waals surface area contributed by atoms with E-state index >= 15 is 0 Å². The lowest BCUT2D eigenvalue weighted by Gasteiger charge is -2.25. The lowest BCUT2D eigenvalue weighted by molar-refractivity contribution is -0.145. The van der Waals surface area contributed by atoms with Gasteiger partial charge < -0.3 is 4.74 Å². The predicted molar refractivity (Wildman–Crippen MR) is 109 cm³/mol. The second kappa shape index (κ2) is 8.50. The van der Waals surface area contributed by atoms with Crippen molar-refractivity contribution in [1.82, 2.24) is 0 Å². The Hall–Kier alpha value is -1.13. The topological polar surface area (TPSA) is 63.7 Å². The number of esters is 1. The molecule has 2 aromatic rings. The molecule has 134 valence electrons. The van der Waals surface area contributed by atoms with Crippen molar-refractivity contribution in [2.24, 2.45) is 0 Å². The SMILES string of the molecule is CC(C)OC(=O)CN(c1ccccc1I)S(=O)(=O)c1ccc(Br)cc1. The number of halogens is 2. The van der Waals surface area contributed by atoms with E-state index in [9.17, 15) is 13.2 Å². The van der Waals surface area contributed by atoms with Crippen molar-refractivity contribution in [3.05, 3.63) is 56.6 Å². The van der Waals surface area contributed by atoms with Crippen molar-refractivity contribution in [2.45, 2.75) is 24.8 Å². The van der Waals surface area contributed by atoms with Gasteiger partial charge in [-0.05, 0) is 72.8 Å². The Morgan fingerprint density at radius 2 is 1.76 bits per heavy atom. The Morgan fingerprint density at radius 1 is 1.16 bits per heavy atom. The first kappa shape index (κ1) is 20.2. The number of anilines is 1. The highest BCUT2D eigenvalue weighted by atomic mass is 127. The number of hydrogen-bond acceptors (Lipinski definition) is 4. The third-order valence-electron chi connectivity index (χ3n) is 3.16. The summed E-state index contributed by atoms with van der Waals surface area (Å²) in [6, 6.07) is 13.3. The summed E-state index contributed by atoms with van der Waals surface area (Å²) in [6.45, 7) is 3.05. The zero-order chi connectivity index (χ0) is 18.6. The monoisotopic (exact) mass is 537 g/mol. The molecule has 0 N–H and O–H groups in total. The number of sulfonamides is 1. The van der Waals surface area contributed by atoms with Crippen LogP contribution in [0.3, 0.4) is 0 Å². The van der Waals surface area contributed by atoms with E-state index in [0.717, 1.165) is 12.3 Å². The number of carbonyl (C=O) groups is 1. The Balaban J connectivity index is 2.48. The summed E-state index contributed by atoms with van der Waals surface area (Å²) in [4.78, 5) is 12.2. The van der Waals surface area contributed by atoms with E-state index in [-0.39, 0.29) is 11.0 Å². The van der Waals surface area contributed by atoms with Gasteiger partial charge >= 0.3 is 5.97 Å². The first-order valence-electron chi connectivity index (χ1n) is 7.44. The molecule has 0 aliphatic heterocycles. The van der Waals surface area contributed by atoms with Gasteiger partial charge in [-0.15, -0.1) is 0 Å². The van der Waals surface area contributed by atoms with Crippen LogP contribution in [0.2, 0.25) is 0 Å². The van der Waals surface area contributed by atoms with E-state index in [1.54, 1.807) is 44.2 Å². The normalized spacial score (nSPS) is 11.4. The fourth-order valence-electron chi connectivity index (χ4n) is 2.10. The molecule has 0 heterocycles. The van der Waals surface area contributed by atoms with Gasteiger partial charge in [0.2, 0.25) is 0 Å². The van der Waals surface area contributed by atoms with Crippen LogP contribution in [0.15, 0.2) is 57.9 Å². The molecule has 0 atom stereocenters. The van der Waals surface area contributed by atoms with E-state index in [1.165, 1.54) is 12.1 Å². The van der Waals surface area contributed by atoms with Gasteiger partial charge in [0.05, 0.1) is 16.7 Å². The van der Waals surface area contributed by atoms with E-state index in [2.05, 4.69) is 15.9 Å². The summed E-state index contributed by atoms with van der Waals surface area (Å²) in [5, 5.41) is 0. The number of ether oxygens (including phenoxy) is 1. The van der Waals surface area contributed by atoms with Crippen LogP contribution in [0.25, 0.3) is 0 Å². The maximum Gasteiger partial charge on any atom is 0.327 e. The van der Waals surface area contributed by atoms with Crippen molar-refractivity contribution in [2.75, 3.05) is 10.8 Å². The molecule has 0 saturated heterocycles. The standard InChI is InChI=1S/C17H17BrINO4S/c1-12(2)24-17(21)11-20(16-6-4-3-5-15(16)19)25(22,23)14-9-7-13(18)8-10-14/h3-10,12H,11H2,1-2H3. The van der Waals surface area contributed by atoms with Crippen LogP contribution < -0.4 is 4.31 Å². The molecule has 0 saturated carbocycles. The molecule has 25 heavy (non-hydrogen) atoms. The van der Waals surface area contributed by atoms with Crippen LogP contribution in [0, 0.1) is 3.57 Å². The van der Waals surface area contributed by atoms with Crippen LogP contribution in [-0.2, 0) is 19.6 Å². The van der Waals surface area contributed by atoms with Crippen molar-refractivity contribution in [3.63, 3.8) is 0 Å². The van der Waals surface area contributed by atoms with Crippen molar-refractivity contribution < 1.29 is 17.9 Å². The van der Waals surface area contributed by atoms with Crippen LogP contribution in [0.1, 0.15) is 13.8 Å². The maximum absolute atomic E-state index is 13.1. The summed E-state index contributed by atoms with van der Waals surface area (Å²) in [6.07, 6.45) is -0.320. The van der Waals surface area contributed by atoms with Crippen LogP contribution in [0.4, 0.5) is 5.69 Å². The molecule has 0 aliphatic carbocycles. The zero-order valence-electron chi connectivity index (χ0n) is 13.6. The van der Waals surface area contributed by atoms with E-state index in [4.69, 9.17) is 4.74 Å². The summed E-state index contributed by atoms with van der Waals surface area (Å²) in [5.74, 6) is -0.602. The van der Waals surface area contributed by atoms with Gasteiger partial charge in [-0.25, -0.2) is 8.42 Å². The lowest BCUT2D eigenvalue weighted by Crippen LogP contribution is -2.37. The Kier molecular flexibility index (Phi) is 6.86. The molecule has 5 nitrogen and oxygen atoms in total. The summed E-state index contributed by atoms with van der Waals surface area (Å²) in [7, 11) is -3.92. The number of para-hydroxylation sites is 1. The van der Waals surface area contributed by atoms with Gasteiger partial charge in [-0.3, -0.25) is 9.10 Å². The minimum absolute atomic E-state index is 0.104. The number of nitrogens with zero attached hydrogens (tertiary/aromatic N) is 1. The van der Waals surface area contributed by atoms with Gasteiger partial charge in [0.1, 0.15) is 6.54 Å². The largest absolute Gasteiger partial charge is 0.462 e.